The van der Waals surface area contributed by atoms with Crippen LogP contribution < -0.4 is 15.4 Å². The highest BCUT2D eigenvalue weighted by Crippen LogP contribution is 2.20. The average molecular weight is 546 g/mol. The molecule has 0 aromatic heterocycles. The lowest BCUT2D eigenvalue weighted by atomic mass is 9.97. The molecule has 0 radical (unpaired) electrons. The number of piperazine rings is 1. The smallest absolute Gasteiger partial charge is 0.255 e. The lowest BCUT2D eigenvalue weighted by Crippen LogP contribution is -2.55. The van der Waals surface area contributed by atoms with E-state index in [1.54, 1.807) is 43.3 Å². The van der Waals surface area contributed by atoms with Crippen molar-refractivity contribution in [1.82, 2.24) is 25.3 Å². The molecule has 2 heterocycles. The van der Waals surface area contributed by atoms with E-state index in [1.165, 1.54) is 4.90 Å². The first-order chi connectivity index (χ1) is 18.7. The number of carbonyl (C=O) groups excluding carboxylic acids is 4. The number of fused-ring (bicyclic) bond motifs is 1. The molecule has 3 atom stereocenters. The molecule has 0 spiro atoms. The van der Waals surface area contributed by atoms with Crippen LogP contribution >= 0.6 is 0 Å². The number of nitrogens with one attached hydrogen (secondary N) is 2. The zero-order valence-corrected chi connectivity index (χ0v) is 23.6. The Labute approximate surface area is 231 Å². The monoisotopic (exact) mass is 545 g/mol. The molecule has 2 aliphatic heterocycles. The summed E-state index contributed by atoms with van der Waals surface area (Å²) in [5, 5.41) is 5.75. The van der Waals surface area contributed by atoms with E-state index >= 15 is 0 Å². The van der Waals surface area contributed by atoms with Crippen LogP contribution in [-0.4, -0.2) is 117 Å². The number of likely N-dealkylation sites (N-methyl/N-ethyl adjacent to an activating group) is 1. The van der Waals surface area contributed by atoms with Crippen LogP contribution in [0.4, 0.5) is 0 Å². The molecule has 0 aliphatic carbocycles. The van der Waals surface area contributed by atoms with Crippen molar-refractivity contribution >= 4 is 23.6 Å². The van der Waals surface area contributed by atoms with Crippen molar-refractivity contribution in [1.29, 1.82) is 0 Å². The van der Waals surface area contributed by atoms with E-state index in [2.05, 4.69) is 15.5 Å². The molecule has 1 saturated heterocycles. The summed E-state index contributed by atoms with van der Waals surface area (Å²) >= 11 is 0. The Hall–Kier alpha value is -3.18. The van der Waals surface area contributed by atoms with Crippen molar-refractivity contribution in [3.63, 3.8) is 0 Å². The number of benzene rings is 1. The summed E-state index contributed by atoms with van der Waals surface area (Å²) in [6.45, 7) is 8.24. The van der Waals surface area contributed by atoms with Crippen LogP contribution in [0.15, 0.2) is 24.3 Å². The van der Waals surface area contributed by atoms with E-state index in [0.717, 1.165) is 6.54 Å². The standard InChI is InChI=1S/C28H43N5O6/c1-5-20(2)25-28(37)31(3)16-19-39-23-9-7-6-8-21(23)26(35)29-22(10-11-24(34)30-25)27(36)33-14-12-32(13-15-33)17-18-38-4/h6-9,20,22,25H,5,10-19H2,1-4H3,(H,29,35)(H,30,34)/t20-,22-,25-/m0/s1. The van der Waals surface area contributed by atoms with Crippen molar-refractivity contribution < 1.29 is 28.7 Å². The fraction of sp³-hybridized carbons (Fsp3) is 0.643. The summed E-state index contributed by atoms with van der Waals surface area (Å²) < 4.78 is 11.1. The van der Waals surface area contributed by atoms with Gasteiger partial charge in [-0.05, 0) is 24.5 Å². The maximum absolute atomic E-state index is 13.6. The van der Waals surface area contributed by atoms with Gasteiger partial charge in [-0.2, -0.15) is 0 Å². The first-order valence-corrected chi connectivity index (χ1v) is 13.8. The largest absolute Gasteiger partial charge is 0.491 e. The average Bonchev–Trinajstić information content (AvgIpc) is 2.95. The van der Waals surface area contributed by atoms with Gasteiger partial charge in [0.15, 0.2) is 0 Å². The van der Waals surface area contributed by atoms with Gasteiger partial charge < -0.3 is 29.9 Å². The molecular formula is C28H43N5O6. The van der Waals surface area contributed by atoms with E-state index in [4.69, 9.17) is 9.47 Å². The fourth-order valence-corrected chi connectivity index (χ4v) is 4.75. The molecular weight excluding hydrogens is 502 g/mol. The minimum Gasteiger partial charge on any atom is -0.491 e. The maximum Gasteiger partial charge on any atom is 0.255 e. The third-order valence-electron chi connectivity index (χ3n) is 7.55. The molecule has 4 amide bonds. The predicted octanol–water partition coefficient (Wildman–Crippen LogP) is 0.738. The lowest BCUT2D eigenvalue weighted by molar-refractivity contribution is -0.138. The molecule has 0 bridgehead atoms. The Morgan fingerprint density at radius 1 is 1.10 bits per heavy atom. The summed E-state index contributed by atoms with van der Waals surface area (Å²) in [5.74, 6) is -0.897. The summed E-state index contributed by atoms with van der Waals surface area (Å²) in [7, 11) is 3.34. The van der Waals surface area contributed by atoms with Crippen LogP contribution in [0.3, 0.4) is 0 Å². The van der Waals surface area contributed by atoms with Gasteiger partial charge in [0, 0.05) is 53.3 Å². The van der Waals surface area contributed by atoms with Crippen molar-refractivity contribution in [3.05, 3.63) is 29.8 Å². The van der Waals surface area contributed by atoms with Gasteiger partial charge in [-0.25, -0.2) is 0 Å². The molecule has 0 saturated carbocycles. The zero-order chi connectivity index (χ0) is 28.4. The summed E-state index contributed by atoms with van der Waals surface area (Å²) in [6, 6.07) is 5.24. The van der Waals surface area contributed by atoms with Crippen LogP contribution in [0.2, 0.25) is 0 Å². The fourth-order valence-electron chi connectivity index (χ4n) is 4.75. The Morgan fingerprint density at radius 3 is 2.51 bits per heavy atom. The van der Waals surface area contributed by atoms with Crippen molar-refractivity contribution in [2.24, 2.45) is 5.92 Å². The minimum atomic E-state index is -0.896. The van der Waals surface area contributed by atoms with Gasteiger partial charge in [0.25, 0.3) is 5.91 Å². The normalized spacial score (nSPS) is 23.0. The van der Waals surface area contributed by atoms with Crippen molar-refractivity contribution in [2.45, 2.75) is 45.2 Å². The molecule has 2 aliphatic rings. The predicted molar refractivity (Wildman–Crippen MR) is 146 cm³/mol. The first kappa shape index (κ1) is 30.4. The molecule has 39 heavy (non-hydrogen) atoms. The quantitative estimate of drug-likeness (QED) is 0.541. The van der Waals surface area contributed by atoms with Crippen LogP contribution in [0.1, 0.15) is 43.5 Å². The third kappa shape index (κ3) is 8.40. The summed E-state index contributed by atoms with van der Waals surface area (Å²) in [4.78, 5) is 58.7. The Balaban J connectivity index is 1.82. The first-order valence-electron chi connectivity index (χ1n) is 13.8. The van der Waals surface area contributed by atoms with Crippen molar-refractivity contribution in [3.8, 4) is 5.75 Å². The highest BCUT2D eigenvalue weighted by Gasteiger charge is 2.32. The molecule has 0 unspecified atom stereocenters. The van der Waals surface area contributed by atoms with Gasteiger partial charge >= 0.3 is 0 Å². The molecule has 1 fully saturated rings. The van der Waals surface area contributed by atoms with Crippen LogP contribution in [0, 0.1) is 5.92 Å². The number of nitrogens with zero attached hydrogens (tertiary/aromatic N) is 3. The molecule has 1 aromatic carbocycles. The topological polar surface area (TPSA) is 121 Å². The highest BCUT2D eigenvalue weighted by atomic mass is 16.5. The van der Waals surface area contributed by atoms with Crippen LogP contribution in [0.5, 0.6) is 5.75 Å². The number of rotatable bonds is 6. The van der Waals surface area contributed by atoms with E-state index < -0.39 is 18.0 Å². The van der Waals surface area contributed by atoms with Gasteiger partial charge in [0.2, 0.25) is 17.7 Å². The second-order valence-electron chi connectivity index (χ2n) is 10.3. The summed E-state index contributed by atoms with van der Waals surface area (Å²) in [5.41, 5.74) is 0.297. The van der Waals surface area contributed by atoms with E-state index in [-0.39, 0.29) is 49.6 Å². The number of carbonyl (C=O) groups is 4. The van der Waals surface area contributed by atoms with E-state index in [1.807, 2.05) is 13.8 Å². The molecule has 11 heteroatoms. The number of methoxy groups -OCH3 is 1. The molecule has 216 valence electrons. The van der Waals surface area contributed by atoms with E-state index in [0.29, 0.717) is 50.5 Å². The molecule has 11 nitrogen and oxygen atoms in total. The van der Waals surface area contributed by atoms with Gasteiger partial charge in [0.05, 0.1) is 18.7 Å². The minimum absolute atomic E-state index is 0.00738. The number of amides is 4. The number of hydrogen-bond acceptors (Lipinski definition) is 7. The Bertz CT molecular complexity index is 996. The molecule has 1 aromatic rings. The van der Waals surface area contributed by atoms with Crippen LogP contribution in [0.25, 0.3) is 0 Å². The van der Waals surface area contributed by atoms with Gasteiger partial charge in [0.1, 0.15) is 24.4 Å². The molecule has 2 N–H and O–H groups in total. The summed E-state index contributed by atoms with van der Waals surface area (Å²) in [6.07, 6.45) is 0.815. The van der Waals surface area contributed by atoms with Gasteiger partial charge in [-0.15, -0.1) is 0 Å². The number of hydrogen-bond donors (Lipinski definition) is 2. The van der Waals surface area contributed by atoms with Crippen molar-refractivity contribution in [2.75, 3.05) is 66.6 Å². The number of para-hydroxylation sites is 1. The third-order valence-corrected chi connectivity index (χ3v) is 7.55. The highest BCUT2D eigenvalue weighted by molar-refractivity contribution is 6.00. The second kappa shape index (κ2) is 14.8. The van der Waals surface area contributed by atoms with Gasteiger partial charge in [-0.3, -0.25) is 24.1 Å². The SMILES string of the molecule is CC[C@H](C)[C@@H]1NC(=O)CC[C@@H](C(=O)N2CCN(CCOC)CC2)NC(=O)c2ccccc2OCCN(C)C1=O. The van der Waals surface area contributed by atoms with Crippen LogP contribution in [-0.2, 0) is 19.1 Å². The van der Waals surface area contributed by atoms with Gasteiger partial charge in [-0.1, -0.05) is 32.4 Å². The second-order valence-corrected chi connectivity index (χ2v) is 10.3. The Kier molecular flexibility index (Phi) is 11.5. The molecule has 3 rings (SSSR count). The maximum atomic E-state index is 13.6. The lowest BCUT2D eigenvalue weighted by Gasteiger charge is -2.36. The zero-order valence-electron chi connectivity index (χ0n) is 23.6. The Morgan fingerprint density at radius 2 is 1.82 bits per heavy atom. The number of ether oxygens (including phenoxy) is 2. The van der Waals surface area contributed by atoms with E-state index in [9.17, 15) is 19.2 Å².